The number of nitrogens with zero attached hydrogens (tertiary/aromatic N) is 4. The second-order valence-corrected chi connectivity index (χ2v) is 10.1. The van der Waals surface area contributed by atoms with E-state index in [0.29, 0.717) is 12.0 Å². The number of amides is 1. The molecule has 2 heterocycles. The normalized spacial score (nSPS) is 19.6. The van der Waals surface area contributed by atoms with Crippen molar-refractivity contribution in [1.29, 1.82) is 0 Å². The highest BCUT2D eigenvalue weighted by Crippen LogP contribution is 2.31. The molecule has 198 valence electrons. The van der Waals surface area contributed by atoms with Crippen LogP contribution in [-0.4, -0.2) is 61.7 Å². The van der Waals surface area contributed by atoms with Gasteiger partial charge in [-0.3, -0.25) is 19.8 Å². The number of sulfonamides is 1. The van der Waals surface area contributed by atoms with Crippen molar-refractivity contribution in [1.82, 2.24) is 14.6 Å². The minimum absolute atomic E-state index is 0.122. The average molecular weight is 540 g/mol. The summed E-state index contributed by atoms with van der Waals surface area (Å²) < 4.78 is 79.1. The van der Waals surface area contributed by atoms with Gasteiger partial charge in [-0.15, -0.1) is 0 Å². The summed E-state index contributed by atoms with van der Waals surface area (Å²) in [4.78, 5) is 24.2. The third-order valence-electron chi connectivity index (χ3n) is 5.83. The molecule has 1 fully saturated rings. The lowest BCUT2D eigenvalue weighted by Crippen LogP contribution is -2.48. The minimum atomic E-state index is -4.58. The molecule has 1 saturated heterocycles. The molecule has 0 aliphatic carbocycles. The third kappa shape index (κ3) is 6.46. The van der Waals surface area contributed by atoms with Gasteiger partial charge in [0.25, 0.3) is 0 Å². The Labute approximate surface area is 211 Å². The van der Waals surface area contributed by atoms with Crippen molar-refractivity contribution in [2.75, 3.05) is 13.6 Å². The third-order valence-corrected chi connectivity index (χ3v) is 7.87. The number of alkyl halides is 3. The Hall–Kier alpha value is -3.45. The van der Waals surface area contributed by atoms with Crippen molar-refractivity contribution in [2.24, 2.45) is 9.98 Å². The predicted octanol–water partition coefficient (Wildman–Crippen LogP) is 3.60. The van der Waals surface area contributed by atoms with Gasteiger partial charge >= 0.3 is 6.18 Å². The lowest BCUT2D eigenvalue weighted by atomic mass is 10.1. The van der Waals surface area contributed by atoms with E-state index in [1.165, 1.54) is 19.2 Å². The number of carbonyl (C=O) groups is 1. The summed E-state index contributed by atoms with van der Waals surface area (Å²) in [6.45, 7) is 5.00. The Bertz CT molecular complexity index is 1310. The van der Waals surface area contributed by atoms with Gasteiger partial charge < -0.3 is 5.32 Å². The summed E-state index contributed by atoms with van der Waals surface area (Å²) in [7, 11) is -2.64. The van der Waals surface area contributed by atoms with Crippen LogP contribution in [0.3, 0.4) is 0 Å². The first-order valence-corrected chi connectivity index (χ1v) is 12.6. The van der Waals surface area contributed by atoms with E-state index in [-0.39, 0.29) is 29.3 Å². The molecule has 13 heteroatoms. The fourth-order valence-corrected chi connectivity index (χ4v) is 5.77. The van der Waals surface area contributed by atoms with Crippen LogP contribution in [0.4, 0.5) is 17.6 Å². The zero-order valence-corrected chi connectivity index (χ0v) is 20.9. The summed E-state index contributed by atoms with van der Waals surface area (Å²) in [5.74, 6) is -1.14. The molecular formula is C24H25F4N5O3S. The van der Waals surface area contributed by atoms with Crippen molar-refractivity contribution < 1.29 is 30.8 Å². The fraction of sp³-hybridized carbons (Fsp3) is 0.333. The largest absolute Gasteiger partial charge is 0.433 e. The molecular weight excluding hydrogens is 514 g/mol. The number of hydrogen-bond acceptors (Lipinski definition) is 6. The highest BCUT2D eigenvalue weighted by atomic mass is 32.2. The first kappa shape index (κ1) is 28.1. The first-order valence-electron chi connectivity index (χ1n) is 11.1. The van der Waals surface area contributed by atoms with Gasteiger partial charge in [0.15, 0.2) is 0 Å². The summed E-state index contributed by atoms with van der Waals surface area (Å²) in [6, 6.07) is 4.96. The molecule has 0 saturated carbocycles. The van der Waals surface area contributed by atoms with Crippen molar-refractivity contribution in [2.45, 2.75) is 42.9 Å². The molecule has 0 bridgehead atoms. The van der Waals surface area contributed by atoms with Crippen LogP contribution in [0.1, 0.15) is 31.0 Å². The molecule has 1 N–H and O–H groups in total. The molecule has 1 aromatic carbocycles. The smallest absolute Gasteiger partial charge is 0.349 e. The number of benzene rings is 1. The van der Waals surface area contributed by atoms with Crippen molar-refractivity contribution >= 4 is 28.4 Å². The number of hydrogen-bond donors (Lipinski definition) is 1. The van der Waals surface area contributed by atoms with Gasteiger partial charge in [-0.2, -0.15) is 17.5 Å². The quantitative estimate of drug-likeness (QED) is 0.409. The molecule has 1 aliphatic heterocycles. The van der Waals surface area contributed by atoms with Crippen molar-refractivity contribution in [3.8, 4) is 0 Å². The molecule has 1 amide bonds. The van der Waals surface area contributed by atoms with Crippen LogP contribution in [-0.2, 0) is 21.0 Å². The Morgan fingerprint density at radius 3 is 2.43 bits per heavy atom. The minimum Gasteiger partial charge on any atom is -0.349 e. The number of halogens is 4. The average Bonchev–Trinajstić information content (AvgIpc) is 3.26. The standard InChI is InChI=1S/C24H25F4N5O3S/c1-15-4-10-21(33(15)37(35,36)19-8-6-17(25)7-9-19)23(34)32-14-18(29-2)12-20(30-3)16-5-11-22(31-13-16)24(26,27)28/h5-9,11-13,15,21H,2,4,10,14H2,1,3H3,(H,32,34)/b18-12-,30-20?/t15-,21+/m1/s1. The number of pyridine rings is 1. The van der Waals surface area contributed by atoms with Crippen LogP contribution in [0.25, 0.3) is 0 Å². The van der Waals surface area contributed by atoms with Crippen LogP contribution in [0.5, 0.6) is 0 Å². The molecule has 0 radical (unpaired) electrons. The van der Waals surface area contributed by atoms with Gasteiger partial charge in [0, 0.05) is 24.8 Å². The van der Waals surface area contributed by atoms with Gasteiger partial charge in [-0.1, -0.05) is 0 Å². The maximum Gasteiger partial charge on any atom is 0.433 e. The van der Waals surface area contributed by atoms with Crippen molar-refractivity contribution in [3.63, 3.8) is 0 Å². The number of carbonyl (C=O) groups excluding carboxylic acids is 1. The summed E-state index contributed by atoms with van der Waals surface area (Å²) >= 11 is 0. The lowest BCUT2D eigenvalue weighted by molar-refractivity contribution is -0.141. The second kappa shape index (κ2) is 11.3. The molecule has 2 atom stereocenters. The van der Waals surface area contributed by atoms with E-state index in [1.807, 2.05) is 0 Å². The highest BCUT2D eigenvalue weighted by Gasteiger charge is 2.43. The van der Waals surface area contributed by atoms with E-state index >= 15 is 0 Å². The zero-order valence-electron chi connectivity index (χ0n) is 20.0. The monoisotopic (exact) mass is 539 g/mol. The SMILES string of the molecule is C=N/C(=C\C(=NC)c1ccc(C(F)(F)F)nc1)CNC(=O)[C@@H]1CC[C@@H](C)N1S(=O)(=O)c1ccc(F)cc1. The molecule has 3 rings (SSSR count). The number of aliphatic imine (C=N–C) groups is 2. The van der Waals surface area contributed by atoms with E-state index in [0.717, 1.165) is 40.8 Å². The van der Waals surface area contributed by atoms with Gasteiger partial charge in [-0.25, -0.2) is 12.8 Å². The molecule has 8 nitrogen and oxygen atoms in total. The lowest BCUT2D eigenvalue weighted by Gasteiger charge is -2.27. The van der Waals surface area contributed by atoms with Gasteiger partial charge in [0.05, 0.1) is 22.8 Å². The van der Waals surface area contributed by atoms with Gasteiger partial charge in [-0.05, 0) is 69.0 Å². The Kier molecular flexibility index (Phi) is 8.59. The van der Waals surface area contributed by atoms with Crippen LogP contribution in [0, 0.1) is 5.82 Å². The summed E-state index contributed by atoms with van der Waals surface area (Å²) in [5.41, 5.74) is -0.249. The molecule has 0 spiro atoms. The Morgan fingerprint density at radius 1 is 1.22 bits per heavy atom. The zero-order chi connectivity index (χ0) is 27.4. The van der Waals surface area contributed by atoms with E-state index in [1.54, 1.807) is 6.92 Å². The Balaban J connectivity index is 1.75. The summed E-state index contributed by atoms with van der Waals surface area (Å²) in [6.07, 6.45) is -1.38. The van der Waals surface area contributed by atoms with Crippen LogP contribution in [0.15, 0.2) is 69.2 Å². The maximum absolute atomic E-state index is 13.3. The summed E-state index contributed by atoms with van der Waals surface area (Å²) in [5, 5.41) is 2.64. The van der Waals surface area contributed by atoms with E-state index < -0.39 is 45.7 Å². The molecule has 1 aromatic heterocycles. The van der Waals surface area contributed by atoms with Gasteiger partial charge in [0.1, 0.15) is 17.6 Å². The highest BCUT2D eigenvalue weighted by molar-refractivity contribution is 7.89. The van der Waals surface area contributed by atoms with Gasteiger partial charge in [0.2, 0.25) is 15.9 Å². The second-order valence-electron chi connectivity index (χ2n) is 8.28. The fourth-order valence-electron chi connectivity index (χ4n) is 3.94. The van der Waals surface area contributed by atoms with E-state index in [4.69, 9.17) is 0 Å². The number of nitrogens with one attached hydrogen (secondary N) is 1. The van der Waals surface area contributed by atoms with E-state index in [9.17, 15) is 30.8 Å². The van der Waals surface area contributed by atoms with Crippen LogP contribution in [0.2, 0.25) is 0 Å². The predicted molar refractivity (Wildman–Crippen MR) is 130 cm³/mol. The topological polar surface area (TPSA) is 104 Å². The molecule has 1 aliphatic rings. The maximum atomic E-state index is 13.3. The van der Waals surface area contributed by atoms with E-state index in [2.05, 4.69) is 27.0 Å². The number of rotatable bonds is 8. The first-order chi connectivity index (χ1) is 17.4. The van der Waals surface area contributed by atoms with Crippen LogP contribution >= 0.6 is 0 Å². The molecule has 2 aromatic rings. The van der Waals surface area contributed by atoms with Crippen molar-refractivity contribution in [3.05, 3.63) is 71.4 Å². The molecule has 37 heavy (non-hydrogen) atoms. The number of aromatic nitrogens is 1. The number of allylic oxidation sites excluding steroid dienone is 1. The van der Waals surface area contributed by atoms with Crippen LogP contribution < -0.4 is 5.32 Å². The Morgan fingerprint density at radius 2 is 1.89 bits per heavy atom. The molecule has 0 unspecified atom stereocenters.